The molecule has 0 amide bonds. The number of hydrogen-bond donors (Lipinski definition) is 0. The Morgan fingerprint density at radius 2 is 0.593 bits per heavy atom. The molecule has 0 aromatic rings. The van der Waals surface area contributed by atoms with Crippen molar-refractivity contribution in [2.45, 2.75) is 169 Å². The molecule has 27 heavy (non-hydrogen) atoms. The first-order chi connectivity index (χ1) is 13.2. The summed E-state index contributed by atoms with van der Waals surface area (Å²) in [6.07, 6.45) is 32.1. The van der Waals surface area contributed by atoms with Gasteiger partial charge in [0.1, 0.15) is 0 Å². The minimum absolute atomic E-state index is 0.681. The average molecular weight is 381 g/mol. The molecule has 0 atom stereocenters. The van der Waals surface area contributed by atoms with Crippen LogP contribution in [0.15, 0.2) is 0 Å². The lowest BCUT2D eigenvalue weighted by Crippen LogP contribution is -2.20. The molecule has 0 saturated heterocycles. The van der Waals surface area contributed by atoms with E-state index in [-0.39, 0.29) is 0 Å². The van der Waals surface area contributed by atoms with Gasteiger partial charge in [0.2, 0.25) is 0 Å². The van der Waals surface area contributed by atoms with Gasteiger partial charge in [-0.3, -0.25) is 0 Å². The highest BCUT2D eigenvalue weighted by Gasteiger charge is 2.26. The second-order valence-corrected chi connectivity index (χ2v) is 9.41. The van der Waals surface area contributed by atoms with E-state index in [9.17, 15) is 0 Å². The molecule has 0 spiro atoms. The highest BCUT2D eigenvalue weighted by Crippen LogP contribution is 2.40. The summed E-state index contributed by atoms with van der Waals surface area (Å²) < 4.78 is 0. The van der Waals surface area contributed by atoms with Crippen molar-refractivity contribution in [3.05, 3.63) is 0 Å². The zero-order chi connectivity index (χ0) is 20.1. The quantitative estimate of drug-likeness (QED) is 0.164. The second kappa shape index (κ2) is 20.7. The van der Waals surface area contributed by atoms with Crippen LogP contribution >= 0.6 is 0 Å². The Balaban J connectivity index is 4.23. The molecule has 0 rings (SSSR count). The van der Waals surface area contributed by atoms with E-state index < -0.39 is 0 Å². The first kappa shape index (κ1) is 27.0. The van der Waals surface area contributed by atoms with E-state index in [1.165, 1.54) is 141 Å². The van der Waals surface area contributed by atoms with Crippen LogP contribution in [0.25, 0.3) is 0 Å². The molecule has 0 heterocycles. The van der Waals surface area contributed by atoms with Crippen molar-refractivity contribution in [3.8, 4) is 0 Å². The molecule has 0 aliphatic carbocycles. The fraction of sp³-hybridized carbons (Fsp3) is 1.00. The van der Waals surface area contributed by atoms with Crippen molar-refractivity contribution >= 4 is 0 Å². The third-order valence-corrected chi connectivity index (χ3v) is 6.93. The van der Waals surface area contributed by atoms with Gasteiger partial charge >= 0.3 is 0 Å². The molecule has 164 valence electrons. The van der Waals surface area contributed by atoms with Crippen LogP contribution in [-0.2, 0) is 0 Å². The van der Waals surface area contributed by atoms with Gasteiger partial charge < -0.3 is 0 Å². The first-order valence-corrected chi connectivity index (χ1v) is 13.2. The predicted octanol–water partition coefficient (Wildman–Crippen LogP) is 10.6. The molecule has 0 heteroatoms. The summed E-state index contributed by atoms with van der Waals surface area (Å²) in [6, 6.07) is 0. The smallest absolute Gasteiger partial charge is 0.0300 e. The summed E-state index contributed by atoms with van der Waals surface area (Å²) in [5.41, 5.74) is 0.681. The maximum atomic E-state index is 2.49. The second-order valence-electron chi connectivity index (χ2n) is 9.41. The Hall–Kier alpha value is 0. The van der Waals surface area contributed by atoms with Crippen LogP contribution in [0.3, 0.4) is 0 Å². The topological polar surface area (TPSA) is 0 Å². The highest BCUT2D eigenvalue weighted by molar-refractivity contribution is 4.78. The summed E-state index contributed by atoms with van der Waals surface area (Å²) in [7, 11) is 0. The third kappa shape index (κ3) is 16.6. The lowest BCUT2D eigenvalue weighted by Gasteiger charge is -2.34. The molecule has 0 aliphatic heterocycles. The minimum atomic E-state index is 0.681. The van der Waals surface area contributed by atoms with Crippen molar-refractivity contribution in [1.82, 2.24) is 0 Å². The zero-order valence-corrected chi connectivity index (χ0v) is 20.1. The van der Waals surface area contributed by atoms with Crippen LogP contribution in [-0.4, -0.2) is 0 Å². The van der Waals surface area contributed by atoms with Crippen molar-refractivity contribution in [1.29, 1.82) is 0 Å². The Morgan fingerprint density at radius 3 is 0.852 bits per heavy atom. The number of rotatable bonds is 22. The molecule has 0 saturated carbocycles. The molecule has 0 fully saturated rings. The van der Waals surface area contributed by atoms with Crippen molar-refractivity contribution in [3.63, 3.8) is 0 Å². The minimum Gasteiger partial charge on any atom is -0.0654 e. The summed E-state index contributed by atoms with van der Waals surface area (Å²) in [6.45, 7) is 9.46. The highest BCUT2D eigenvalue weighted by atomic mass is 14.3. The van der Waals surface area contributed by atoms with E-state index in [4.69, 9.17) is 0 Å². The Morgan fingerprint density at radius 1 is 0.333 bits per heavy atom. The summed E-state index contributed by atoms with van der Waals surface area (Å²) in [4.78, 5) is 0. The molecular formula is C27H56. The maximum absolute atomic E-state index is 2.49. The molecule has 0 bridgehead atoms. The zero-order valence-electron chi connectivity index (χ0n) is 20.1. The van der Waals surface area contributed by atoms with Crippen molar-refractivity contribution in [2.75, 3.05) is 0 Å². The fourth-order valence-corrected chi connectivity index (χ4v) is 4.75. The van der Waals surface area contributed by atoms with E-state index in [0.29, 0.717) is 5.41 Å². The molecule has 0 aromatic heterocycles. The summed E-state index contributed by atoms with van der Waals surface area (Å²) in [5.74, 6) is 0. The van der Waals surface area contributed by atoms with Crippen LogP contribution in [0.4, 0.5) is 0 Å². The molecule has 0 nitrogen and oxygen atoms in total. The molecule has 0 aromatic carbocycles. The maximum Gasteiger partial charge on any atom is -0.0300 e. The molecule has 0 unspecified atom stereocenters. The lowest BCUT2D eigenvalue weighted by molar-refractivity contribution is 0.186. The van der Waals surface area contributed by atoms with Gasteiger partial charge in [-0.05, 0) is 24.7 Å². The van der Waals surface area contributed by atoms with Gasteiger partial charge in [0, 0.05) is 0 Å². The molecule has 0 radical (unpaired) electrons. The Kier molecular flexibility index (Phi) is 20.7. The fourth-order valence-electron chi connectivity index (χ4n) is 4.75. The van der Waals surface area contributed by atoms with Crippen LogP contribution in [0.5, 0.6) is 0 Å². The Labute approximate surface area is 174 Å². The van der Waals surface area contributed by atoms with E-state index >= 15 is 0 Å². The van der Waals surface area contributed by atoms with Crippen molar-refractivity contribution < 1.29 is 0 Å². The van der Waals surface area contributed by atoms with Crippen LogP contribution in [0.1, 0.15) is 169 Å². The summed E-state index contributed by atoms with van der Waals surface area (Å²) in [5, 5.41) is 0. The average Bonchev–Trinajstić information content (AvgIpc) is 2.69. The largest absolute Gasteiger partial charge is 0.0654 e. The molecular weight excluding hydrogens is 324 g/mol. The van der Waals surface area contributed by atoms with E-state index in [2.05, 4.69) is 27.7 Å². The van der Waals surface area contributed by atoms with E-state index in [0.717, 1.165) is 0 Å². The number of hydrogen-bond acceptors (Lipinski definition) is 0. The van der Waals surface area contributed by atoms with E-state index in [1.807, 2.05) is 0 Å². The molecule has 0 aliphatic rings. The Bertz CT molecular complexity index is 226. The van der Waals surface area contributed by atoms with Gasteiger partial charge in [-0.1, -0.05) is 150 Å². The summed E-state index contributed by atoms with van der Waals surface area (Å²) >= 11 is 0. The van der Waals surface area contributed by atoms with Gasteiger partial charge in [-0.2, -0.15) is 0 Å². The van der Waals surface area contributed by atoms with Gasteiger partial charge in [-0.25, -0.2) is 0 Å². The SMILES string of the molecule is CCCCCCCCC(CC)(CCCCCCCC)CCCCCCCC. The normalized spacial score (nSPS) is 12.0. The van der Waals surface area contributed by atoms with Gasteiger partial charge in [0.05, 0.1) is 0 Å². The van der Waals surface area contributed by atoms with E-state index in [1.54, 1.807) is 0 Å². The predicted molar refractivity (Wildman–Crippen MR) is 127 cm³/mol. The van der Waals surface area contributed by atoms with Crippen LogP contribution in [0, 0.1) is 5.41 Å². The van der Waals surface area contributed by atoms with Gasteiger partial charge in [0.25, 0.3) is 0 Å². The number of unbranched alkanes of at least 4 members (excludes halogenated alkanes) is 15. The molecule has 0 N–H and O–H groups in total. The standard InChI is InChI=1S/C27H56/c1-5-9-12-15-18-21-24-27(8-4,25-22-19-16-13-10-6-2)26-23-20-17-14-11-7-3/h5-26H2,1-4H3. The van der Waals surface area contributed by atoms with Crippen LogP contribution < -0.4 is 0 Å². The van der Waals surface area contributed by atoms with Gasteiger partial charge in [-0.15, -0.1) is 0 Å². The van der Waals surface area contributed by atoms with Crippen molar-refractivity contribution in [2.24, 2.45) is 5.41 Å². The third-order valence-electron chi connectivity index (χ3n) is 6.93. The lowest BCUT2D eigenvalue weighted by atomic mass is 9.72. The first-order valence-electron chi connectivity index (χ1n) is 13.2. The van der Waals surface area contributed by atoms with Crippen LogP contribution in [0.2, 0.25) is 0 Å². The van der Waals surface area contributed by atoms with Gasteiger partial charge in [0.15, 0.2) is 0 Å². The monoisotopic (exact) mass is 380 g/mol.